The highest BCUT2D eigenvalue weighted by molar-refractivity contribution is 6.32. The highest BCUT2D eigenvalue weighted by atomic mass is 35.5. The predicted octanol–water partition coefficient (Wildman–Crippen LogP) is 0.944. The highest BCUT2D eigenvalue weighted by Gasteiger charge is 2.03. The second-order valence-corrected chi connectivity index (χ2v) is 2.65. The molecule has 4 nitrogen and oxygen atoms in total. The Morgan fingerprint density at radius 3 is 2.83 bits per heavy atom. The summed E-state index contributed by atoms with van der Waals surface area (Å²) in [5.41, 5.74) is 5.77. The maximum absolute atomic E-state index is 10.3. The number of nitrogens with two attached hydrogens (primary N) is 1. The number of hydrogen-bond acceptors (Lipinski definition) is 3. The Labute approximate surface area is 74.0 Å². The van der Waals surface area contributed by atoms with Crippen LogP contribution in [-0.4, -0.2) is 16.1 Å². The quantitative estimate of drug-likeness (QED) is 0.721. The number of aromatic nitrogens is 1. The number of carboxylic acids is 1. The van der Waals surface area contributed by atoms with E-state index in [4.69, 9.17) is 22.4 Å². The Hall–Kier alpha value is -1.29. The van der Waals surface area contributed by atoms with Gasteiger partial charge in [0.1, 0.15) is 5.82 Å². The number of nitrogen functional groups attached to an aromatic ring is 1. The Morgan fingerprint density at radius 2 is 2.33 bits per heavy atom. The normalized spacial score (nSPS) is 9.75. The van der Waals surface area contributed by atoms with Crippen molar-refractivity contribution >= 4 is 23.4 Å². The van der Waals surface area contributed by atoms with Crippen LogP contribution in [0.25, 0.3) is 0 Å². The lowest BCUT2D eigenvalue weighted by molar-refractivity contribution is -0.136. The number of hydrogen-bond donors (Lipinski definition) is 2. The lowest BCUT2D eigenvalue weighted by Crippen LogP contribution is -2.03. The predicted molar refractivity (Wildman–Crippen MR) is 45.0 cm³/mol. The van der Waals surface area contributed by atoms with Crippen molar-refractivity contribution in [2.45, 2.75) is 6.42 Å². The number of carboxylic acid groups (broad SMARTS) is 1. The molecule has 0 spiro atoms. The molecule has 0 unspecified atom stereocenters. The smallest absolute Gasteiger partial charge is 0.309 e. The van der Waals surface area contributed by atoms with E-state index < -0.39 is 5.97 Å². The van der Waals surface area contributed by atoms with Crippen molar-refractivity contribution in [3.63, 3.8) is 0 Å². The van der Waals surface area contributed by atoms with E-state index in [0.717, 1.165) is 0 Å². The largest absolute Gasteiger partial charge is 0.481 e. The van der Waals surface area contributed by atoms with Crippen LogP contribution in [0.1, 0.15) is 5.69 Å². The van der Waals surface area contributed by atoms with Gasteiger partial charge in [0, 0.05) is 0 Å². The third kappa shape index (κ3) is 2.10. The summed E-state index contributed by atoms with van der Waals surface area (Å²) in [6, 6.07) is 3.06. The molecule has 1 heterocycles. The van der Waals surface area contributed by atoms with Crippen LogP contribution in [0.5, 0.6) is 0 Å². The molecule has 0 atom stereocenters. The first-order valence-electron chi connectivity index (χ1n) is 3.22. The highest BCUT2D eigenvalue weighted by Crippen LogP contribution is 2.15. The second kappa shape index (κ2) is 3.40. The molecule has 12 heavy (non-hydrogen) atoms. The number of nitrogens with zero attached hydrogens (tertiary/aromatic N) is 1. The minimum absolute atomic E-state index is 0.138. The summed E-state index contributed by atoms with van der Waals surface area (Å²) in [5.74, 6) is -0.778. The van der Waals surface area contributed by atoms with Crippen molar-refractivity contribution in [2.75, 3.05) is 5.73 Å². The third-order valence-corrected chi connectivity index (χ3v) is 1.58. The zero-order chi connectivity index (χ0) is 9.14. The molecule has 1 aromatic heterocycles. The number of halogens is 1. The fraction of sp³-hybridized carbons (Fsp3) is 0.143. The summed E-state index contributed by atoms with van der Waals surface area (Å²) in [6.45, 7) is 0. The van der Waals surface area contributed by atoms with Gasteiger partial charge in [0.15, 0.2) is 0 Å². The standard InChI is InChI=1S/C7H7ClN2O2/c8-5-2-1-4(3-6(11)12)10-7(5)9/h1-2H,3H2,(H2,9,10)(H,11,12). The summed E-state index contributed by atoms with van der Waals surface area (Å²) >= 11 is 5.58. The number of aliphatic carboxylic acids is 1. The average Bonchev–Trinajstić information content (AvgIpc) is 1.96. The average molecular weight is 187 g/mol. The van der Waals surface area contributed by atoms with E-state index in [0.29, 0.717) is 10.7 Å². The molecule has 0 saturated heterocycles. The Balaban J connectivity index is 2.89. The third-order valence-electron chi connectivity index (χ3n) is 1.26. The molecule has 0 aliphatic rings. The summed E-state index contributed by atoms with van der Waals surface area (Å²) in [6.07, 6.45) is -0.138. The number of anilines is 1. The van der Waals surface area contributed by atoms with Crippen molar-refractivity contribution in [3.05, 3.63) is 22.8 Å². The molecule has 0 saturated carbocycles. The van der Waals surface area contributed by atoms with Gasteiger partial charge in [-0.1, -0.05) is 11.6 Å². The van der Waals surface area contributed by atoms with Crippen molar-refractivity contribution < 1.29 is 9.90 Å². The van der Waals surface area contributed by atoms with Gasteiger partial charge in [-0.3, -0.25) is 4.79 Å². The second-order valence-electron chi connectivity index (χ2n) is 2.24. The van der Waals surface area contributed by atoms with Crippen LogP contribution in [0.2, 0.25) is 5.02 Å². The van der Waals surface area contributed by atoms with Crippen molar-refractivity contribution in [3.8, 4) is 0 Å². The molecule has 0 amide bonds. The van der Waals surface area contributed by atoms with Gasteiger partial charge in [-0.25, -0.2) is 4.98 Å². The van der Waals surface area contributed by atoms with Crippen molar-refractivity contribution in [1.82, 2.24) is 4.98 Å². The first kappa shape index (κ1) is 8.80. The molecule has 0 radical (unpaired) electrons. The van der Waals surface area contributed by atoms with Gasteiger partial charge in [-0.2, -0.15) is 0 Å². The lowest BCUT2D eigenvalue weighted by Gasteiger charge is -1.99. The molecule has 3 N–H and O–H groups in total. The van der Waals surface area contributed by atoms with Gasteiger partial charge >= 0.3 is 5.97 Å². The summed E-state index contributed by atoms with van der Waals surface area (Å²) in [7, 11) is 0. The van der Waals surface area contributed by atoms with E-state index in [1.165, 1.54) is 12.1 Å². The molecule has 0 aliphatic carbocycles. The minimum atomic E-state index is -0.941. The van der Waals surface area contributed by atoms with Crippen LogP contribution in [0.4, 0.5) is 5.82 Å². The van der Waals surface area contributed by atoms with Crippen LogP contribution in [0.15, 0.2) is 12.1 Å². The van der Waals surface area contributed by atoms with Gasteiger partial charge < -0.3 is 10.8 Å². The molecule has 1 rings (SSSR count). The van der Waals surface area contributed by atoms with Gasteiger partial charge in [-0.15, -0.1) is 0 Å². The molecular weight excluding hydrogens is 180 g/mol. The molecule has 0 fully saturated rings. The molecule has 0 aromatic carbocycles. The van der Waals surface area contributed by atoms with Crippen LogP contribution in [-0.2, 0) is 11.2 Å². The van der Waals surface area contributed by atoms with Crippen LogP contribution in [0.3, 0.4) is 0 Å². The molecule has 0 aliphatic heterocycles. The van der Waals surface area contributed by atoms with Crippen LogP contribution >= 0.6 is 11.6 Å². The van der Waals surface area contributed by atoms with E-state index in [-0.39, 0.29) is 12.2 Å². The van der Waals surface area contributed by atoms with Gasteiger partial charge in [0.2, 0.25) is 0 Å². The number of rotatable bonds is 2. The fourth-order valence-corrected chi connectivity index (χ4v) is 0.859. The van der Waals surface area contributed by atoms with Crippen molar-refractivity contribution in [2.24, 2.45) is 0 Å². The molecule has 64 valence electrons. The zero-order valence-corrected chi connectivity index (χ0v) is 6.88. The molecular formula is C7H7ClN2O2. The number of pyridine rings is 1. The van der Waals surface area contributed by atoms with Crippen molar-refractivity contribution in [1.29, 1.82) is 0 Å². The number of carbonyl (C=O) groups is 1. The Kier molecular flexibility index (Phi) is 2.50. The van der Waals surface area contributed by atoms with E-state index >= 15 is 0 Å². The van der Waals surface area contributed by atoms with E-state index in [1.54, 1.807) is 0 Å². The van der Waals surface area contributed by atoms with Gasteiger partial charge in [0.25, 0.3) is 0 Å². The zero-order valence-electron chi connectivity index (χ0n) is 6.12. The first-order valence-corrected chi connectivity index (χ1v) is 3.60. The summed E-state index contributed by atoms with van der Waals surface area (Å²) in [4.78, 5) is 14.0. The molecule has 0 bridgehead atoms. The van der Waals surface area contributed by atoms with Crippen LogP contribution in [0, 0.1) is 0 Å². The lowest BCUT2D eigenvalue weighted by atomic mass is 10.3. The Morgan fingerprint density at radius 1 is 1.67 bits per heavy atom. The van der Waals surface area contributed by atoms with E-state index in [2.05, 4.69) is 4.98 Å². The maximum Gasteiger partial charge on any atom is 0.309 e. The Bertz CT molecular complexity index is 314. The van der Waals surface area contributed by atoms with E-state index in [1.807, 2.05) is 0 Å². The molecule has 5 heteroatoms. The molecule has 1 aromatic rings. The topological polar surface area (TPSA) is 76.2 Å². The summed E-state index contributed by atoms with van der Waals surface area (Å²) < 4.78 is 0. The van der Waals surface area contributed by atoms with Gasteiger partial charge in [-0.05, 0) is 12.1 Å². The summed E-state index contributed by atoms with van der Waals surface area (Å²) in [5, 5.41) is 8.75. The first-order chi connectivity index (χ1) is 5.59. The van der Waals surface area contributed by atoms with Gasteiger partial charge in [0.05, 0.1) is 17.1 Å². The monoisotopic (exact) mass is 186 g/mol. The minimum Gasteiger partial charge on any atom is -0.481 e. The van der Waals surface area contributed by atoms with Crippen LogP contribution < -0.4 is 5.73 Å². The fourth-order valence-electron chi connectivity index (χ4n) is 0.754. The maximum atomic E-state index is 10.3. The SMILES string of the molecule is Nc1nc(CC(=O)O)ccc1Cl. The van der Waals surface area contributed by atoms with E-state index in [9.17, 15) is 4.79 Å².